The number of imide groups is 1. The summed E-state index contributed by atoms with van der Waals surface area (Å²) in [7, 11) is 0. The van der Waals surface area contributed by atoms with E-state index in [1.54, 1.807) is 13.8 Å². The van der Waals surface area contributed by atoms with Crippen molar-refractivity contribution in [2.75, 3.05) is 6.61 Å². The van der Waals surface area contributed by atoms with E-state index in [9.17, 15) is 9.59 Å². The molecule has 5 heteroatoms. The van der Waals surface area contributed by atoms with E-state index in [1.807, 2.05) is 6.92 Å². The summed E-state index contributed by atoms with van der Waals surface area (Å²) in [5, 5.41) is 10.1. The smallest absolute Gasteiger partial charge is 0.232 e. The minimum Gasteiger partial charge on any atom is -0.369 e. The second kappa shape index (κ2) is 5.40. The lowest BCUT2D eigenvalue weighted by Crippen LogP contribution is -2.40. The van der Waals surface area contributed by atoms with Gasteiger partial charge in [-0.05, 0) is 19.8 Å². The van der Waals surface area contributed by atoms with Gasteiger partial charge in [0.2, 0.25) is 11.8 Å². The van der Waals surface area contributed by atoms with Gasteiger partial charge < -0.3 is 10.1 Å². The van der Waals surface area contributed by atoms with Crippen molar-refractivity contribution in [2.45, 2.75) is 45.6 Å². The summed E-state index contributed by atoms with van der Waals surface area (Å²) in [6, 6.07) is 0. The normalized spacial score (nSPS) is 23.8. The Morgan fingerprint density at radius 1 is 1.47 bits per heavy atom. The summed E-state index contributed by atoms with van der Waals surface area (Å²) in [5.74, 6) is -0.961. The Labute approximate surface area is 101 Å². The van der Waals surface area contributed by atoms with Gasteiger partial charge in [-0.15, -0.1) is 0 Å². The van der Waals surface area contributed by atoms with Crippen LogP contribution in [0.15, 0.2) is 0 Å². The summed E-state index contributed by atoms with van der Waals surface area (Å²) in [6.45, 7) is 5.88. The first-order valence-corrected chi connectivity index (χ1v) is 5.91. The summed E-state index contributed by atoms with van der Waals surface area (Å²) in [4.78, 5) is 22.8. The maximum atomic E-state index is 11.5. The van der Waals surface area contributed by atoms with Crippen LogP contribution in [0.4, 0.5) is 0 Å². The number of hydrogen-bond donors (Lipinski definition) is 2. The van der Waals surface area contributed by atoms with E-state index < -0.39 is 11.5 Å². The average Bonchev–Trinajstić information content (AvgIpc) is 2.66. The van der Waals surface area contributed by atoms with Crippen LogP contribution in [0.3, 0.4) is 0 Å². The highest BCUT2D eigenvalue weighted by molar-refractivity contribution is 6.08. The van der Waals surface area contributed by atoms with Crippen molar-refractivity contribution >= 4 is 17.5 Å². The number of carbonyl (C=O) groups excluding carboxylic acids is 2. The summed E-state index contributed by atoms with van der Waals surface area (Å²) < 4.78 is 5.47. The molecule has 0 saturated carbocycles. The lowest BCUT2D eigenvalue weighted by molar-refractivity contribution is -0.131. The Balaban J connectivity index is 2.46. The first kappa shape index (κ1) is 13.8. The molecule has 0 aromatic carbocycles. The molecule has 1 unspecified atom stereocenters. The second-order valence-corrected chi connectivity index (χ2v) is 4.91. The third-order valence-electron chi connectivity index (χ3n) is 2.98. The molecule has 1 fully saturated rings. The fraction of sp³-hybridized carbons (Fsp3) is 0.750. The van der Waals surface area contributed by atoms with Crippen molar-refractivity contribution in [1.29, 1.82) is 5.41 Å². The van der Waals surface area contributed by atoms with Crippen LogP contribution in [0.5, 0.6) is 0 Å². The van der Waals surface area contributed by atoms with Gasteiger partial charge in [-0.3, -0.25) is 14.9 Å². The quantitative estimate of drug-likeness (QED) is 0.726. The van der Waals surface area contributed by atoms with Crippen molar-refractivity contribution < 1.29 is 14.3 Å². The zero-order valence-electron chi connectivity index (χ0n) is 10.6. The van der Waals surface area contributed by atoms with Gasteiger partial charge in [0.15, 0.2) is 0 Å². The second-order valence-electron chi connectivity index (χ2n) is 4.91. The van der Waals surface area contributed by atoms with Crippen molar-refractivity contribution in [2.24, 2.45) is 5.92 Å². The molecule has 0 spiro atoms. The van der Waals surface area contributed by atoms with E-state index in [0.717, 1.165) is 12.8 Å². The lowest BCUT2D eigenvalue weighted by Gasteiger charge is -2.23. The first-order chi connectivity index (χ1) is 7.85. The van der Waals surface area contributed by atoms with E-state index in [4.69, 9.17) is 10.1 Å². The van der Waals surface area contributed by atoms with Gasteiger partial charge in [-0.1, -0.05) is 13.8 Å². The van der Waals surface area contributed by atoms with Crippen LogP contribution in [-0.4, -0.2) is 29.7 Å². The van der Waals surface area contributed by atoms with Crippen LogP contribution in [0.1, 0.15) is 40.0 Å². The van der Waals surface area contributed by atoms with Gasteiger partial charge in [-0.2, -0.15) is 0 Å². The highest BCUT2D eigenvalue weighted by Gasteiger charge is 2.35. The zero-order chi connectivity index (χ0) is 13.1. The van der Waals surface area contributed by atoms with Gasteiger partial charge in [-0.25, -0.2) is 0 Å². The molecular formula is C12H20N2O3. The topological polar surface area (TPSA) is 79.3 Å². The SMILES string of the molecule is CC(C)C(=O)NC(=O)CC(=N)C1(C)CCCO1. The van der Waals surface area contributed by atoms with Crippen molar-refractivity contribution in [1.82, 2.24) is 5.32 Å². The molecule has 0 aliphatic carbocycles. The van der Waals surface area contributed by atoms with E-state index in [0.29, 0.717) is 6.61 Å². The molecule has 5 nitrogen and oxygen atoms in total. The summed E-state index contributed by atoms with van der Waals surface area (Å²) >= 11 is 0. The van der Waals surface area contributed by atoms with Crippen molar-refractivity contribution in [3.63, 3.8) is 0 Å². The van der Waals surface area contributed by atoms with E-state index in [1.165, 1.54) is 0 Å². The predicted molar refractivity (Wildman–Crippen MR) is 63.9 cm³/mol. The third kappa shape index (κ3) is 3.63. The van der Waals surface area contributed by atoms with Crippen LogP contribution in [-0.2, 0) is 14.3 Å². The van der Waals surface area contributed by atoms with Gasteiger partial charge in [0, 0.05) is 18.2 Å². The molecule has 0 aromatic heterocycles. The Bertz CT molecular complexity index is 331. The maximum Gasteiger partial charge on any atom is 0.232 e. The third-order valence-corrected chi connectivity index (χ3v) is 2.98. The molecule has 1 aliphatic rings. The van der Waals surface area contributed by atoms with E-state index in [2.05, 4.69) is 5.32 Å². The Kier molecular flexibility index (Phi) is 4.40. The number of rotatable bonds is 4. The van der Waals surface area contributed by atoms with Crippen LogP contribution < -0.4 is 5.32 Å². The molecule has 1 aliphatic heterocycles. The minimum absolute atomic E-state index is 0.0744. The molecule has 2 amide bonds. The highest BCUT2D eigenvalue weighted by atomic mass is 16.5. The van der Waals surface area contributed by atoms with Crippen LogP contribution in [0.25, 0.3) is 0 Å². The zero-order valence-corrected chi connectivity index (χ0v) is 10.6. The molecule has 0 bridgehead atoms. The molecule has 0 radical (unpaired) electrons. The van der Waals surface area contributed by atoms with Gasteiger partial charge in [0.25, 0.3) is 0 Å². The van der Waals surface area contributed by atoms with Crippen molar-refractivity contribution in [3.05, 3.63) is 0 Å². The molecule has 2 N–H and O–H groups in total. The molecule has 17 heavy (non-hydrogen) atoms. The van der Waals surface area contributed by atoms with Crippen LogP contribution in [0.2, 0.25) is 0 Å². The Hall–Kier alpha value is -1.23. The molecule has 1 atom stereocenters. The number of ether oxygens (including phenoxy) is 1. The number of nitrogens with one attached hydrogen (secondary N) is 2. The minimum atomic E-state index is -0.627. The molecule has 0 aromatic rings. The summed E-state index contributed by atoms with van der Waals surface area (Å²) in [6.07, 6.45) is 1.59. The maximum absolute atomic E-state index is 11.5. The predicted octanol–water partition coefficient (Wildman–Crippen LogP) is 1.26. The fourth-order valence-corrected chi connectivity index (χ4v) is 1.69. The largest absolute Gasteiger partial charge is 0.369 e. The Morgan fingerprint density at radius 3 is 2.59 bits per heavy atom. The van der Waals surface area contributed by atoms with Crippen molar-refractivity contribution in [3.8, 4) is 0 Å². The molecule has 96 valence electrons. The standard InChI is InChI=1S/C12H20N2O3/c1-8(2)11(16)14-10(15)7-9(13)12(3)5-4-6-17-12/h8,13H,4-7H2,1-3H3,(H,14,15,16). The highest BCUT2D eigenvalue weighted by Crippen LogP contribution is 2.27. The van der Waals surface area contributed by atoms with Gasteiger partial charge in [0.05, 0.1) is 6.42 Å². The van der Waals surface area contributed by atoms with E-state index >= 15 is 0 Å². The van der Waals surface area contributed by atoms with E-state index in [-0.39, 0.29) is 24.0 Å². The van der Waals surface area contributed by atoms with Gasteiger partial charge >= 0.3 is 0 Å². The monoisotopic (exact) mass is 240 g/mol. The molecule has 1 rings (SSSR count). The molecule has 1 heterocycles. The Morgan fingerprint density at radius 2 is 2.12 bits per heavy atom. The first-order valence-electron chi connectivity index (χ1n) is 5.91. The number of hydrogen-bond acceptors (Lipinski definition) is 4. The summed E-state index contributed by atoms with van der Waals surface area (Å²) in [5.41, 5.74) is -0.387. The van der Waals surface area contributed by atoms with Crippen LogP contribution >= 0.6 is 0 Å². The number of amides is 2. The lowest BCUT2D eigenvalue weighted by atomic mass is 9.94. The van der Waals surface area contributed by atoms with Crippen LogP contribution in [0, 0.1) is 11.3 Å². The van der Waals surface area contributed by atoms with Gasteiger partial charge in [0.1, 0.15) is 5.60 Å². The molecular weight excluding hydrogens is 220 g/mol. The average molecular weight is 240 g/mol. The fourth-order valence-electron chi connectivity index (χ4n) is 1.69. The molecule has 1 saturated heterocycles. The number of carbonyl (C=O) groups is 2.